The summed E-state index contributed by atoms with van der Waals surface area (Å²) < 4.78 is 1.21. The number of fused-ring (bicyclic) bond motifs is 1. The first kappa shape index (κ1) is 20.8. The van der Waals surface area contributed by atoms with Crippen molar-refractivity contribution in [1.82, 2.24) is 4.90 Å². The zero-order valence-corrected chi connectivity index (χ0v) is 18.2. The number of carbonyl (C=O) groups is 2. The van der Waals surface area contributed by atoms with Gasteiger partial charge in [-0.3, -0.25) is 9.69 Å². The molecular weight excluding hydrogens is 392 g/mol. The van der Waals surface area contributed by atoms with E-state index in [9.17, 15) is 9.59 Å². The maximum Gasteiger partial charge on any atom is 0.221 e. The van der Waals surface area contributed by atoms with E-state index in [1.165, 1.54) is 22.1 Å². The van der Waals surface area contributed by atoms with E-state index in [1.54, 1.807) is 11.3 Å². The van der Waals surface area contributed by atoms with Gasteiger partial charge in [0.15, 0.2) is 0 Å². The van der Waals surface area contributed by atoms with Gasteiger partial charge in [0.25, 0.3) is 0 Å². The maximum atomic E-state index is 11.5. The topological polar surface area (TPSA) is 49.4 Å². The van der Waals surface area contributed by atoms with Crippen LogP contribution in [-0.4, -0.2) is 30.2 Å². The lowest BCUT2D eigenvalue weighted by Crippen LogP contribution is -2.35. The van der Waals surface area contributed by atoms with E-state index in [2.05, 4.69) is 52.7 Å². The molecule has 1 unspecified atom stereocenters. The molecule has 156 valence electrons. The van der Waals surface area contributed by atoms with Crippen molar-refractivity contribution in [2.75, 3.05) is 18.4 Å². The second kappa shape index (κ2) is 9.54. The Morgan fingerprint density at radius 2 is 1.93 bits per heavy atom. The van der Waals surface area contributed by atoms with Crippen LogP contribution in [0, 0.1) is 5.92 Å². The SMILES string of the molecule is CC(=O)Nc1ccc2sc(C(CC=O)C3CCN(Cc4ccccc4)CC3)cc2c1. The number of nitrogens with one attached hydrogen (secondary N) is 1. The Kier molecular flexibility index (Phi) is 6.60. The van der Waals surface area contributed by atoms with Crippen molar-refractivity contribution < 1.29 is 9.59 Å². The lowest BCUT2D eigenvalue weighted by Gasteiger charge is -2.35. The van der Waals surface area contributed by atoms with Crippen molar-refractivity contribution in [2.24, 2.45) is 5.92 Å². The largest absolute Gasteiger partial charge is 0.326 e. The summed E-state index contributed by atoms with van der Waals surface area (Å²) in [6, 6.07) is 18.9. The average Bonchev–Trinajstić information content (AvgIpc) is 3.16. The van der Waals surface area contributed by atoms with Gasteiger partial charge in [-0.25, -0.2) is 0 Å². The number of thiophene rings is 1. The quantitative estimate of drug-likeness (QED) is 0.518. The van der Waals surface area contributed by atoms with Crippen LogP contribution in [0.2, 0.25) is 0 Å². The first-order chi connectivity index (χ1) is 14.6. The molecule has 0 bridgehead atoms. The lowest BCUT2D eigenvalue weighted by molar-refractivity contribution is -0.114. The van der Waals surface area contributed by atoms with Gasteiger partial charge in [0.1, 0.15) is 6.29 Å². The van der Waals surface area contributed by atoms with Gasteiger partial charge in [-0.05, 0) is 67.1 Å². The highest BCUT2D eigenvalue weighted by Crippen LogP contribution is 2.41. The number of piperidine rings is 1. The predicted octanol–water partition coefficient (Wildman–Crippen LogP) is 5.44. The minimum absolute atomic E-state index is 0.0640. The molecular formula is C25H28N2O2S. The third kappa shape index (κ3) is 4.97. The Hall–Kier alpha value is -2.50. The van der Waals surface area contributed by atoms with Crippen molar-refractivity contribution in [3.8, 4) is 0 Å². The molecule has 1 fully saturated rings. The lowest BCUT2D eigenvalue weighted by atomic mass is 9.81. The molecule has 1 aromatic heterocycles. The van der Waals surface area contributed by atoms with Crippen LogP contribution in [0.25, 0.3) is 10.1 Å². The predicted molar refractivity (Wildman–Crippen MR) is 124 cm³/mol. The van der Waals surface area contributed by atoms with E-state index in [1.807, 2.05) is 12.1 Å². The molecule has 4 nitrogen and oxygen atoms in total. The minimum atomic E-state index is -0.0640. The van der Waals surface area contributed by atoms with Crippen LogP contribution in [-0.2, 0) is 16.1 Å². The molecule has 1 atom stereocenters. The standard InChI is InChI=1S/C25H28N2O2S/c1-18(29)26-22-7-8-24-21(15-22)16-25(30-24)23(11-14-28)20-9-12-27(13-10-20)17-19-5-3-2-4-6-19/h2-8,14-16,20,23H,9-13,17H2,1H3,(H,26,29). The number of carbonyl (C=O) groups excluding carboxylic acids is 2. The monoisotopic (exact) mass is 420 g/mol. The summed E-state index contributed by atoms with van der Waals surface area (Å²) in [6.45, 7) is 4.67. The number of likely N-dealkylation sites (tertiary alicyclic amines) is 1. The van der Waals surface area contributed by atoms with Crippen molar-refractivity contribution in [3.63, 3.8) is 0 Å². The van der Waals surface area contributed by atoms with Gasteiger partial charge in [0.2, 0.25) is 5.91 Å². The van der Waals surface area contributed by atoms with Crippen LogP contribution in [0.1, 0.15) is 42.5 Å². The van der Waals surface area contributed by atoms with E-state index in [4.69, 9.17) is 0 Å². The fraction of sp³-hybridized carbons (Fsp3) is 0.360. The normalized spacial score (nSPS) is 16.4. The molecule has 0 spiro atoms. The molecule has 30 heavy (non-hydrogen) atoms. The number of benzene rings is 2. The van der Waals surface area contributed by atoms with Gasteiger partial charge >= 0.3 is 0 Å². The number of amides is 1. The summed E-state index contributed by atoms with van der Waals surface area (Å²) in [6.07, 6.45) is 3.90. The van der Waals surface area contributed by atoms with Crippen LogP contribution < -0.4 is 5.32 Å². The van der Waals surface area contributed by atoms with Crippen molar-refractivity contribution in [1.29, 1.82) is 0 Å². The van der Waals surface area contributed by atoms with E-state index in [0.29, 0.717) is 12.3 Å². The molecule has 4 rings (SSSR count). The molecule has 1 amide bonds. The highest BCUT2D eigenvalue weighted by atomic mass is 32.1. The summed E-state index contributed by atoms with van der Waals surface area (Å²) in [7, 11) is 0. The van der Waals surface area contributed by atoms with Crippen LogP contribution >= 0.6 is 11.3 Å². The van der Waals surface area contributed by atoms with E-state index >= 15 is 0 Å². The van der Waals surface area contributed by atoms with Crippen LogP contribution in [0.5, 0.6) is 0 Å². The van der Waals surface area contributed by atoms with Crippen LogP contribution in [0.15, 0.2) is 54.6 Å². The zero-order chi connectivity index (χ0) is 20.9. The van der Waals surface area contributed by atoms with E-state index in [0.717, 1.165) is 49.8 Å². The molecule has 1 N–H and O–H groups in total. The summed E-state index contributed by atoms with van der Waals surface area (Å²) in [5, 5.41) is 3.99. The summed E-state index contributed by atoms with van der Waals surface area (Å²) in [4.78, 5) is 26.6. The van der Waals surface area contributed by atoms with Crippen molar-refractivity contribution in [3.05, 3.63) is 65.0 Å². The third-order valence-corrected chi connectivity index (χ3v) is 7.27. The Labute approximate surface area is 181 Å². The number of rotatable bonds is 7. The number of anilines is 1. The smallest absolute Gasteiger partial charge is 0.221 e. The van der Waals surface area contributed by atoms with Gasteiger partial charge in [0.05, 0.1) is 0 Å². The fourth-order valence-electron chi connectivity index (χ4n) is 4.53. The Bertz CT molecular complexity index is 1010. The Morgan fingerprint density at radius 3 is 2.63 bits per heavy atom. The fourth-order valence-corrected chi connectivity index (χ4v) is 5.78. The molecule has 0 radical (unpaired) electrons. The molecule has 1 aliphatic rings. The van der Waals surface area contributed by atoms with Gasteiger partial charge in [-0.2, -0.15) is 0 Å². The van der Waals surface area contributed by atoms with E-state index < -0.39 is 0 Å². The summed E-state index contributed by atoms with van der Waals surface area (Å²) in [5.41, 5.74) is 2.18. The molecule has 1 saturated heterocycles. The van der Waals surface area contributed by atoms with Crippen LogP contribution in [0.4, 0.5) is 5.69 Å². The number of hydrogen-bond acceptors (Lipinski definition) is 4. The highest BCUT2D eigenvalue weighted by molar-refractivity contribution is 7.19. The minimum Gasteiger partial charge on any atom is -0.326 e. The first-order valence-electron chi connectivity index (χ1n) is 10.6. The molecule has 0 aliphatic carbocycles. The average molecular weight is 421 g/mol. The number of aldehydes is 1. The van der Waals surface area contributed by atoms with Crippen molar-refractivity contribution >= 4 is 39.3 Å². The maximum absolute atomic E-state index is 11.5. The second-order valence-corrected chi connectivity index (χ2v) is 9.31. The number of hydrogen-bond donors (Lipinski definition) is 1. The highest BCUT2D eigenvalue weighted by Gasteiger charge is 2.28. The van der Waals surface area contributed by atoms with Crippen molar-refractivity contribution in [2.45, 2.75) is 38.6 Å². The first-order valence-corrected chi connectivity index (χ1v) is 11.4. The molecule has 2 heterocycles. The van der Waals surface area contributed by atoms with Gasteiger partial charge in [0, 0.05) is 41.1 Å². The number of nitrogens with zero attached hydrogens (tertiary/aromatic N) is 1. The van der Waals surface area contributed by atoms with Gasteiger partial charge < -0.3 is 10.1 Å². The molecule has 3 aromatic rings. The van der Waals surface area contributed by atoms with E-state index in [-0.39, 0.29) is 11.8 Å². The van der Waals surface area contributed by atoms with Gasteiger partial charge in [-0.1, -0.05) is 30.3 Å². The zero-order valence-electron chi connectivity index (χ0n) is 17.3. The third-order valence-electron chi connectivity index (χ3n) is 6.02. The Morgan fingerprint density at radius 1 is 1.17 bits per heavy atom. The summed E-state index contributed by atoms with van der Waals surface area (Å²) >= 11 is 1.78. The second-order valence-electron chi connectivity index (χ2n) is 8.19. The summed E-state index contributed by atoms with van der Waals surface area (Å²) in [5.74, 6) is 0.749. The molecule has 1 aliphatic heterocycles. The van der Waals surface area contributed by atoms with Gasteiger partial charge in [-0.15, -0.1) is 11.3 Å². The molecule has 0 saturated carbocycles. The Balaban J connectivity index is 1.46. The molecule has 5 heteroatoms. The van der Waals surface area contributed by atoms with Crippen LogP contribution in [0.3, 0.4) is 0 Å². The molecule has 2 aromatic carbocycles.